The van der Waals surface area contributed by atoms with Gasteiger partial charge in [-0.3, -0.25) is 4.79 Å². The lowest BCUT2D eigenvalue weighted by molar-refractivity contribution is -0.0861. The van der Waals surface area contributed by atoms with E-state index in [4.69, 9.17) is 16.3 Å². The molecule has 234 valence electrons. The van der Waals surface area contributed by atoms with Crippen LogP contribution in [-0.4, -0.2) is 43.4 Å². The average molecular weight is 629 g/mol. The number of ether oxygens (including phenoxy) is 1. The van der Waals surface area contributed by atoms with E-state index in [1.165, 1.54) is 5.56 Å². The first kappa shape index (κ1) is 31.9. The summed E-state index contributed by atoms with van der Waals surface area (Å²) >= 11 is 6.32. The summed E-state index contributed by atoms with van der Waals surface area (Å²) in [6.45, 7) is 9.31. The molecule has 9 heteroatoms. The number of hydrogen-bond acceptors (Lipinski definition) is 6. The maximum Gasteiger partial charge on any atom is 0.264 e. The van der Waals surface area contributed by atoms with Gasteiger partial charge >= 0.3 is 0 Å². The average Bonchev–Trinajstić information content (AvgIpc) is 2.97. The van der Waals surface area contributed by atoms with Crippen LogP contribution in [0.5, 0.6) is 5.75 Å². The minimum Gasteiger partial charge on any atom is -0.487 e. The molecule has 43 heavy (non-hydrogen) atoms. The van der Waals surface area contributed by atoms with Gasteiger partial charge in [0.15, 0.2) is 0 Å². The maximum atomic E-state index is 13.4. The van der Waals surface area contributed by atoms with Crippen molar-refractivity contribution in [3.8, 4) is 5.75 Å². The van der Waals surface area contributed by atoms with E-state index in [2.05, 4.69) is 16.2 Å². The second-order valence-corrected chi connectivity index (χ2v) is 15.4. The van der Waals surface area contributed by atoms with E-state index < -0.39 is 26.8 Å². The van der Waals surface area contributed by atoms with Gasteiger partial charge < -0.3 is 14.7 Å². The Hall–Kier alpha value is -2.55. The van der Waals surface area contributed by atoms with Gasteiger partial charge in [-0.1, -0.05) is 37.1 Å². The number of fused-ring (bicyclic) bond motifs is 3. The molecule has 0 saturated heterocycles. The SMILES string of the molecule is C=CC[C@]1(O)CCC[C@H](C)[C@@H](C)S(=O)(=O)NC(=O)c2ccc3c(c2)N(CCCCc2cc(Cl)ccc2CO3)C[C@@H]2CC[C@H]21. The van der Waals surface area contributed by atoms with Gasteiger partial charge in [0.1, 0.15) is 12.4 Å². The number of rotatable bonds is 2. The van der Waals surface area contributed by atoms with Gasteiger partial charge in [0.25, 0.3) is 5.91 Å². The number of aliphatic hydroxyl groups is 1. The molecule has 2 bridgehead atoms. The summed E-state index contributed by atoms with van der Waals surface area (Å²) in [5.41, 5.74) is 2.41. The molecule has 1 fully saturated rings. The lowest BCUT2D eigenvalue weighted by Gasteiger charge is -2.49. The number of anilines is 1. The van der Waals surface area contributed by atoms with Crippen molar-refractivity contribution >= 4 is 33.2 Å². The predicted molar refractivity (Wildman–Crippen MR) is 172 cm³/mol. The quantitative estimate of drug-likeness (QED) is 0.361. The van der Waals surface area contributed by atoms with Crippen molar-refractivity contribution in [2.24, 2.45) is 17.8 Å². The third-order valence-corrected chi connectivity index (χ3v) is 12.2. The van der Waals surface area contributed by atoms with Crippen molar-refractivity contribution in [3.05, 3.63) is 70.8 Å². The Morgan fingerprint density at radius 2 is 1.93 bits per heavy atom. The van der Waals surface area contributed by atoms with Crippen LogP contribution in [0, 0.1) is 17.8 Å². The van der Waals surface area contributed by atoms with E-state index >= 15 is 0 Å². The van der Waals surface area contributed by atoms with Crippen molar-refractivity contribution in [1.29, 1.82) is 0 Å². The van der Waals surface area contributed by atoms with Crippen LogP contribution in [0.2, 0.25) is 5.02 Å². The fraction of sp³-hybridized carbons (Fsp3) is 0.559. The molecule has 1 saturated carbocycles. The fourth-order valence-corrected chi connectivity index (χ4v) is 8.60. The van der Waals surface area contributed by atoms with Crippen LogP contribution in [0.15, 0.2) is 49.1 Å². The summed E-state index contributed by atoms with van der Waals surface area (Å²) in [6.07, 6.45) is 8.99. The Kier molecular flexibility index (Phi) is 9.79. The molecule has 2 heterocycles. The first-order chi connectivity index (χ1) is 20.5. The highest BCUT2D eigenvalue weighted by Crippen LogP contribution is 2.47. The Morgan fingerprint density at radius 1 is 1.12 bits per heavy atom. The molecule has 5 atom stereocenters. The van der Waals surface area contributed by atoms with Gasteiger partial charge in [-0.15, -0.1) is 6.58 Å². The van der Waals surface area contributed by atoms with Gasteiger partial charge in [0.2, 0.25) is 10.0 Å². The van der Waals surface area contributed by atoms with Crippen molar-refractivity contribution in [2.75, 3.05) is 18.0 Å². The molecule has 2 N–H and O–H groups in total. The van der Waals surface area contributed by atoms with Crippen molar-refractivity contribution in [2.45, 2.75) is 89.1 Å². The Morgan fingerprint density at radius 3 is 2.67 bits per heavy atom. The zero-order chi connectivity index (χ0) is 30.8. The fourth-order valence-electron chi connectivity index (χ4n) is 7.10. The highest BCUT2D eigenvalue weighted by atomic mass is 35.5. The number of aryl methyl sites for hydroxylation is 1. The molecule has 2 aromatic rings. The Labute approximate surface area is 261 Å². The standard InChI is InChI=1S/C34H45ClN2O5S/c1-4-16-34(39)17-7-8-23(2)24(3)43(40,41)36-33(38)26-12-15-32-31(20-26)37(21-27-11-14-30(27)34)18-6-5-9-25-19-29(35)13-10-28(25)22-42-32/h4,10,12-13,15,19-20,23-24,27,30,39H,1,5-9,11,14,16-18,21-22H2,2-3H3,(H,36,38)/t23-,24+,27-,30+,34-/m0/s1. The number of nitrogens with one attached hydrogen (secondary N) is 1. The molecule has 1 aliphatic carbocycles. The van der Waals surface area contributed by atoms with E-state index in [-0.39, 0.29) is 23.3 Å². The number of nitrogens with zero attached hydrogens (tertiary/aromatic N) is 1. The van der Waals surface area contributed by atoms with Crippen molar-refractivity contribution in [1.82, 2.24) is 4.72 Å². The van der Waals surface area contributed by atoms with Crippen molar-refractivity contribution < 1.29 is 23.1 Å². The smallest absolute Gasteiger partial charge is 0.264 e. The molecule has 1 amide bonds. The van der Waals surface area contributed by atoms with E-state index in [9.17, 15) is 18.3 Å². The molecule has 0 spiro atoms. The number of amides is 1. The summed E-state index contributed by atoms with van der Waals surface area (Å²) in [5.74, 6) is 0.224. The first-order valence-corrected chi connectivity index (χ1v) is 17.6. The van der Waals surface area contributed by atoms with Crippen LogP contribution in [-0.2, 0) is 23.1 Å². The molecule has 3 aliphatic rings. The molecule has 0 unspecified atom stereocenters. The van der Waals surface area contributed by atoms with E-state index in [1.807, 2.05) is 31.2 Å². The molecule has 0 radical (unpaired) electrons. The molecule has 0 aromatic heterocycles. The number of carbonyl (C=O) groups excluding carboxylic acids is 1. The normalized spacial score (nSPS) is 29.9. The number of sulfonamides is 1. The predicted octanol–water partition coefficient (Wildman–Crippen LogP) is 6.66. The zero-order valence-electron chi connectivity index (χ0n) is 25.4. The molecule has 2 aromatic carbocycles. The van der Waals surface area contributed by atoms with Gasteiger partial charge in [-0.25, -0.2) is 13.1 Å². The number of hydrogen-bond donors (Lipinski definition) is 2. The van der Waals surface area contributed by atoms with E-state index in [0.29, 0.717) is 43.1 Å². The highest BCUT2D eigenvalue weighted by Gasteiger charge is 2.46. The number of halogens is 1. The van der Waals surface area contributed by atoms with Gasteiger partial charge in [0, 0.05) is 23.7 Å². The first-order valence-electron chi connectivity index (χ1n) is 15.7. The maximum absolute atomic E-state index is 13.4. The molecular formula is C34H45ClN2O5S. The molecular weight excluding hydrogens is 584 g/mol. The summed E-state index contributed by atoms with van der Waals surface area (Å²) in [5, 5.41) is 11.9. The third kappa shape index (κ3) is 7.07. The van der Waals surface area contributed by atoms with E-state index in [0.717, 1.165) is 56.4 Å². The van der Waals surface area contributed by atoms with Crippen LogP contribution < -0.4 is 14.4 Å². The third-order valence-electron chi connectivity index (χ3n) is 10.1. The van der Waals surface area contributed by atoms with Crippen LogP contribution in [0.25, 0.3) is 0 Å². The minimum absolute atomic E-state index is 0.121. The highest BCUT2D eigenvalue weighted by molar-refractivity contribution is 7.90. The number of carbonyl (C=O) groups is 1. The largest absolute Gasteiger partial charge is 0.487 e. The van der Waals surface area contributed by atoms with Gasteiger partial charge in [-0.2, -0.15) is 0 Å². The molecule has 5 rings (SSSR count). The molecule has 2 aliphatic heterocycles. The summed E-state index contributed by atoms with van der Waals surface area (Å²) in [6, 6.07) is 11.1. The lowest BCUT2D eigenvalue weighted by Crippen LogP contribution is -2.51. The summed E-state index contributed by atoms with van der Waals surface area (Å²) < 4.78 is 35.3. The van der Waals surface area contributed by atoms with Crippen molar-refractivity contribution in [3.63, 3.8) is 0 Å². The topological polar surface area (TPSA) is 95.9 Å². The van der Waals surface area contributed by atoms with Crippen LogP contribution >= 0.6 is 11.6 Å². The lowest BCUT2D eigenvalue weighted by atomic mass is 9.62. The second-order valence-electron chi connectivity index (χ2n) is 12.9. The minimum atomic E-state index is -3.92. The van der Waals surface area contributed by atoms with Gasteiger partial charge in [-0.05, 0) is 118 Å². The second kappa shape index (κ2) is 13.2. The number of benzene rings is 2. The molecule has 7 nitrogen and oxygen atoms in total. The van der Waals surface area contributed by atoms with Crippen LogP contribution in [0.3, 0.4) is 0 Å². The zero-order valence-corrected chi connectivity index (χ0v) is 26.9. The van der Waals surface area contributed by atoms with Gasteiger partial charge in [0.05, 0.1) is 16.5 Å². The monoisotopic (exact) mass is 628 g/mol. The van der Waals surface area contributed by atoms with Crippen LogP contribution in [0.1, 0.15) is 86.7 Å². The van der Waals surface area contributed by atoms with E-state index in [1.54, 1.807) is 25.1 Å². The van der Waals surface area contributed by atoms with Crippen LogP contribution in [0.4, 0.5) is 5.69 Å². The Bertz CT molecular complexity index is 1450. The summed E-state index contributed by atoms with van der Waals surface area (Å²) in [7, 11) is -3.92. The Balaban J connectivity index is 1.56. The summed E-state index contributed by atoms with van der Waals surface area (Å²) in [4.78, 5) is 15.7.